The van der Waals surface area contributed by atoms with Crippen LogP contribution in [-0.4, -0.2) is 33.3 Å². The van der Waals surface area contributed by atoms with Crippen molar-refractivity contribution in [3.63, 3.8) is 0 Å². The van der Waals surface area contributed by atoms with Crippen LogP contribution in [0.25, 0.3) is 0 Å². The van der Waals surface area contributed by atoms with Gasteiger partial charge in [0.05, 0.1) is 27.8 Å². The van der Waals surface area contributed by atoms with Crippen molar-refractivity contribution >= 4 is 11.9 Å². The highest BCUT2D eigenvalue weighted by Crippen LogP contribution is 2.19. The maximum Gasteiger partial charge on any atom is 0.316 e. The minimum absolute atomic E-state index is 0.0805. The molecule has 0 saturated heterocycles. The number of hydrogen-bond acceptors (Lipinski definition) is 5. The molecule has 0 aliphatic carbocycles. The third kappa shape index (κ3) is 4.33. The van der Waals surface area contributed by atoms with Gasteiger partial charge in [0, 0.05) is 0 Å². The maximum atomic E-state index is 11.5. The van der Waals surface area contributed by atoms with E-state index < -0.39 is 17.9 Å². The van der Waals surface area contributed by atoms with E-state index in [1.54, 1.807) is 6.08 Å². The summed E-state index contributed by atoms with van der Waals surface area (Å²) in [5.41, 5.74) is 0. The van der Waals surface area contributed by atoms with Gasteiger partial charge in [0.2, 0.25) is 0 Å². The topological polar surface area (TPSA) is 61.8 Å². The number of allylic oxidation sites excluding steroid dienone is 1. The molecule has 16 heavy (non-hydrogen) atoms. The van der Waals surface area contributed by atoms with Crippen LogP contribution in [0.5, 0.6) is 0 Å². The summed E-state index contributed by atoms with van der Waals surface area (Å²) in [6, 6.07) is 0. The first kappa shape index (κ1) is 14.5. The minimum atomic E-state index is -0.734. The van der Waals surface area contributed by atoms with Gasteiger partial charge in [-0.1, -0.05) is 6.92 Å². The number of ether oxygens (including phenoxy) is 3. The fraction of sp³-hybridized carbons (Fsp3) is 0.636. The Labute approximate surface area is 95.4 Å². The minimum Gasteiger partial charge on any atom is -0.501 e. The lowest BCUT2D eigenvalue weighted by Gasteiger charge is -2.16. The lowest BCUT2D eigenvalue weighted by molar-refractivity contribution is -0.151. The van der Waals surface area contributed by atoms with Gasteiger partial charge >= 0.3 is 11.9 Å². The predicted octanol–water partition coefficient (Wildman–Crippen LogP) is 1.28. The number of carbonyl (C=O) groups excluding carboxylic acids is 2. The van der Waals surface area contributed by atoms with E-state index >= 15 is 0 Å². The van der Waals surface area contributed by atoms with Crippen LogP contribution in [0.3, 0.4) is 0 Å². The first-order valence-corrected chi connectivity index (χ1v) is 4.99. The second kappa shape index (κ2) is 7.73. The van der Waals surface area contributed by atoms with Crippen LogP contribution >= 0.6 is 0 Å². The van der Waals surface area contributed by atoms with E-state index in [0.29, 0.717) is 12.2 Å². The molecule has 0 N–H and O–H groups in total. The van der Waals surface area contributed by atoms with E-state index in [0.717, 1.165) is 0 Å². The van der Waals surface area contributed by atoms with Crippen molar-refractivity contribution in [3.05, 3.63) is 11.8 Å². The zero-order chi connectivity index (χ0) is 12.6. The molecule has 5 nitrogen and oxygen atoms in total. The van der Waals surface area contributed by atoms with Crippen molar-refractivity contribution in [2.75, 3.05) is 21.3 Å². The Balaban J connectivity index is 4.84. The van der Waals surface area contributed by atoms with Crippen LogP contribution < -0.4 is 0 Å². The van der Waals surface area contributed by atoms with Gasteiger partial charge in [0.15, 0.2) is 0 Å². The number of carbonyl (C=O) groups is 2. The molecule has 0 heterocycles. The van der Waals surface area contributed by atoms with E-state index in [1.165, 1.54) is 21.3 Å². The number of esters is 2. The third-order valence-corrected chi connectivity index (χ3v) is 2.07. The second-order valence-corrected chi connectivity index (χ2v) is 3.07. The van der Waals surface area contributed by atoms with Gasteiger partial charge in [-0.25, -0.2) is 0 Å². The molecule has 0 spiro atoms. The highest BCUT2D eigenvalue weighted by Gasteiger charge is 2.27. The van der Waals surface area contributed by atoms with Gasteiger partial charge < -0.3 is 14.2 Å². The summed E-state index contributed by atoms with van der Waals surface area (Å²) in [6.07, 6.45) is 2.37. The van der Waals surface area contributed by atoms with Crippen molar-refractivity contribution in [2.24, 2.45) is 5.92 Å². The largest absolute Gasteiger partial charge is 0.501 e. The summed E-state index contributed by atoms with van der Waals surface area (Å²) in [5.74, 6) is -1.29. The van der Waals surface area contributed by atoms with Gasteiger partial charge in [-0.3, -0.25) is 9.59 Å². The zero-order valence-corrected chi connectivity index (χ0v) is 10.1. The van der Waals surface area contributed by atoms with E-state index in [9.17, 15) is 9.59 Å². The molecule has 1 atom stereocenters. The molecule has 0 radical (unpaired) electrons. The Kier molecular flexibility index (Phi) is 7.00. The third-order valence-electron chi connectivity index (χ3n) is 2.07. The molecule has 0 amide bonds. The van der Waals surface area contributed by atoms with Crippen LogP contribution in [0, 0.1) is 5.92 Å². The summed E-state index contributed by atoms with van der Waals surface area (Å²) < 4.78 is 14.2. The lowest BCUT2D eigenvalue weighted by atomic mass is 10.0. The monoisotopic (exact) mass is 230 g/mol. The van der Waals surface area contributed by atoms with Crippen LogP contribution in [0.4, 0.5) is 0 Å². The molecule has 5 heteroatoms. The molecule has 0 rings (SSSR count). The Morgan fingerprint density at radius 2 is 1.75 bits per heavy atom. The Morgan fingerprint density at radius 3 is 2.12 bits per heavy atom. The summed E-state index contributed by atoms with van der Waals surface area (Å²) in [7, 11) is 3.99. The molecule has 0 aromatic carbocycles. The van der Waals surface area contributed by atoms with Crippen LogP contribution in [0.1, 0.15) is 19.8 Å². The normalized spacial score (nSPS) is 12.9. The average molecular weight is 230 g/mol. The molecule has 0 aliphatic heterocycles. The summed E-state index contributed by atoms with van der Waals surface area (Å²) >= 11 is 0. The quantitative estimate of drug-likeness (QED) is 0.508. The maximum absolute atomic E-state index is 11.5. The Bertz CT molecular complexity index is 270. The van der Waals surface area contributed by atoms with Crippen LogP contribution in [-0.2, 0) is 23.8 Å². The Morgan fingerprint density at radius 1 is 1.12 bits per heavy atom. The molecule has 92 valence electrons. The van der Waals surface area contributed by atoms with Gasteiger partial charge in [-0.05, 0) is 12.5 Å². The average Bonchev–Trinajstić information content (AvgIpc) is 2.32. The van der Waals surface area contributed by atoms with E-state index in [4.69, 9.17) is 4.74 Å². The Hall–Kier alpha value is -1.52. The summed E-state index contributed by atoms with van der Waals surface area (Å²) in [5, 5.41) is 0. The molecule has 0 bridgehead atoms. The molecular formula is C11H18O5. The molecule has 0 saturated carbocycles. The SMILES string of the molecule is CC/C=C(\OC)C(CC(=O)OC)C(=O)OC. The molecule has 0 aromatic heterocycles. The van der Waals surface area contributed by atoms with E-state index in [1.807, 2.05) is 6.92 Å². The fourth-order valence-electron chi connectivity index (χ4n) is 1.26. The number of hydrogen-bond donors (Lipinski definition) is 0. The van der Waals surface area contributed by atoms with Gasteiger partial charge in [0.25, 0.3) is 0 Å². The molecule has 0 aromatic rings. The van der Waals surface area contributed by atoms with E-state index in [2.05, 4.69) is 9.47 Å². The first-order valence-electron chi connectivity index (χ1n) is 4.99. The van der Waals surface area contributed by atoms with Crippen LogP contribution in [0.2, 0.25) is 0 Å². The second-order valence-electron chi connectivity index (χ2n) is 3.07. The predicted molar refractivity (Wildman–Crippen MR) is 57.5 cm³/mol. The number of methoxy groups -OCH3 is 3. The van der Waals surface area contributed by atoms with Gasteiger partial charge in [-0.2, -0.15) is 0 Å². The van der Waals surface area contributed by atoms with Crippen molar-refractivity contribution in [2.45, 2.75) is 19.8 Å². The standard InChI is InChI=1S/C11H18O5/c1-5-6-9(14-2)8(11(13)16-4)7-10(12)15-3/h6,8H,5,7H2,1-4H3/b9-6-. The van der Waals surface area contributed by atoms with Crippen molar-refractivity contribution in [1.29, 1.82) is 0 Å². The van der Waals surface area contributed by atoms with Crippen molar-refractivity contribution in [3.8, 4) is 0 Å². The highest BCUT2D eigenvalue weighted by atomic mass is 16.5. The number of rotatable bonds is 6. The highest BCUT2D eigenvalue weighted by molar-refractivity contribution is 5.82. The van der Waals surface area contributed by atoms with Gasteiger partial charge in [0.1, 0.15) is 11.7 Å². The summed E-state index contributed by atoms with van der Waals surface area (Å²) in [4.78, 5) is 22.6. The molecule has 1 unspecified atom stereocenters. The first-order chi connectivity index (χ1) is 7.60. The zero-order valence-electron chi connectivity index (χ0n) is 10.1. The summed E-state index contributed by atoms with van der Waals surface area (Å²) in [6.45, 7) is 1.91. The van der Waals surface area contributed by atoms with Crippen molar-refractivity contribution < 1.29 is 23.8 Å². The molecule has 0 fully saturated rings. The van der Waals surface area contributed by atoms with Crippen LogP contribution in [0.15, 0.2) is 11.8 Å². The van der Waals surface area contributed by atoms with Crippen molar-refractivity contribution in [1.82, 2.24) is 0 Å². The lowest BCUT2D eigenvalue weighted by Crippen LogP contribution is -2.23. The van der Waals surface area contributed by atoms with E-state index in [-0.39, 0.29) is 6.42 Å². The molecular weight excluding hydrogens is 212 g/mol. The van der Waals surface area contributed by atoms with Gasteiger partial charge in [-0.15, -0.1) is 0 Å². The molecule has 0 aliphatic rings. The smallest absolute Gasteiger partial charge is 0.316 e. The fourth-order valence-corrected chi connectivity index (χ4v) is 1.26.